The van der Waals surface area contributed by atoms with Crippen LogP contribution in [0.15, 0.2) is 42.0 Å². The maximum Gasteiger partial charge on any atom is 0.140 e. The minimum absolute atomic E-state index is 0.0613. The molecule has 2 atom stereocenters. The molecule has 100 valence electrons. The number of unbranched alkanes of at least 4 members (excludes halogenated alkanes) is 1. The Balaban J connectivity index is 1.98. The summed E-state index contributed by atoms with van der Waals surface area (Å²) in [5.74, 6) is 0.617. The number of benzene rings is 1. The summed E-state index contributed by atoms with van der Waals surface area (Å²) in [5, 5.41) is 0. The van der Waals surface area contributed by atoms with Crippen LogP contribution in [0.5, 0.6) is 0 Å². The van der Waals surface area contributed by atoms with Crippen molar-refractivity contribution in [2.45, 2.75) is 50.9 Å². The van der Waals surface area contributed by atoms with Gasteiger partial charge in [0.2, 0.25) is 0 Å². The van der Waals surface area contributed by atoms with Crippen LogP contribution in [0, 0.1) is 5.92 Å². The van der Waals surface area contributed by atoms with Crippen LogP contribution in [0.4, 0.5) is 0 Å². The topological polar surface area (TPSA) is 17.1 Å². The van der Waals surface area contributed by atoms with Crippen molar-refractivity contribution in [1.82, 2.24) is 0 Å². The highest BCUT2D eigenvalue weighted by Gasteiger charge is 2.53. The average Bonchev–Trinajstić information content (AvgIpc) is 2.42. The SMILES string of the molecule is CCCCC1=CC2C(=O)CCCC12c1ccccc1. The molecule has 0 spiro atoms. The van der Waals surface area contributed by atoms with Crippen LogP contribution < -0.4 is 0 Å². The normalized spacial score (nSPS) is 29.4. The Morgan fingerprint density at radius 3 is 2.79 bits per heavy atom. The molecule has 3 rings (SSSR count). The van der Waals surface area contributed by atoms with Crippen molar-refractivity contribution in [2.75, 3.05) is 0 Å². The Morgan fingerprint density at radius 1 is 1.26 bits per heavy atom. The monoisotopic (exact) mass is 254 g/mol. The summed E-state index contributed by atoms with van der Waals surface area (Å²) >= 11 is 0. The van der Waals surface area contributed by atoms with Crippen molar-refractivity contribution >= 4 is 5.78 Å². The van der Waals surface area contributed by atoms with Gasteiger partial charge in [-0.15, -0.1) is 0 Å². The summed E-state index contributed by atoms with van der Waals surface area (Å²) < 4.78 is 0. The predicted molar refractivity (Wildman–Crippen MR) is 78.1 cm³/mol. The van der Waals surface area contributed by atoms with E-state index in [1.165, 1.54) is 24.0 Å². The van der Waals surface area contributed by atoms with Gasteiger partial charge in [-0.25, -0.2) is 0 Å². The van der Waals surface area contributed by atoms with Gasteiger partial charge in [-0.1, -0.05) is 55.3 Å². The Hall–Kier alpha value is -1.37. The average molecular weight is 254 g/mol. The quantitative estimate of drug-likeness (QED) is 0.727. The second-order valence-corrected chi connectivity index (χ2v) is 5.93. The van der Waals surface area contributed by atoms with Crippen molar-refractivity contribution in [1.29, 1.82) is 0 Å². The van der Waals surface area contributed by atoms with E-state index in [4.69, 9.17) is 0 Å². The molecule has 0 amide bonds. The highest BCUT2D eigenvalue weighted by Crippen LogP contribution is 2.56. The lowest BCUT2D eigenvalue weighted by atomic mass is 9.50. The molecule has 1 fully saturated rings. The molecule has 1 nitrogen and oxygen atoms in total. The third-order valence-electron chi connectivity index (χ3n) is 4.90. The van der Waals surface area contributed by atoms with Gasteiger partial charge in [-0.05, 0) is 31.2 Å². The van der Waals surface area contributed by atoms with Crippen molar-refractivity contribution in [3.05, 3.63) is 47.5 Å². The zero-order chi connectivity index (χ0) is 13.3. The van der Waals surface area contributed by atoms with Crippen molar-refractivity contribution < 1.29 is 4.79 Å². The molecule has 0 heterocycles. The van der Waals surface area contributed by atoms with Gasteiger partial charge in [0, 0.05) is 17.8 Å². The van der Waals surface area contributed by atoms with E-state index in [1.54, 1.807) is 0 Å². The standard InChI is InChI=1S/C18H22O/c1-2-3-8-15-13-16-17(19)11-7-12-18(15,16)14-9-5-4-6-10-14/h4-6,9-10,13,16H,2-3,7-8,11-12H2,1H3. The van der Waals surface area contributed by atoms with E-state index < -0.39 is 0 Å². The molecular weight excluding hydrogens is 232 g/mol. The number of Topliss-reactive ketones (excluding diaryl/α,β-unsaturated/α-hetero) is 1. The van der Waals surface area contributed by atoms with Gasteiger partial charge in [-0.2, -0.15) is 0 Å². The number of fused-ring (bicyclic) bond motifs is 1. The number of allylic oxidation sites excluding steroid dienone is 2. The first kappa shape index (κ1) is 12.7. The van der Waals surface area contributed by atoms with E-state index in [9.17, 15) is 4.79 Å². The van der Waals surface area contributed by atoms with Gasteiger partial charge in [0.25, 0.3) is 0 Å². The molecule has 0 aliphatic heterocycles. The first-order chi connectivity index (χ1) is 9.29. The zero-order valence-corrected chi connectivity index (χ0v) is 11.7. The summed E-state index contributed by atoms with van der Waals surface area (Å²) in [5.41, 5.74) is 2.95. The highest BCUT2D eigenvalue weighted by atomic mass is 16.1. The molecule has 0 N–H and O–H groups in total. The largest absolute Gasteiger partial charge is 0.299 e. The lowest BCUT2D eigenvalue weighted by Gasteiger charge is -2.52. The van der Waals surface area contributed by atoms with Crippen molar-refractivity contribution in [3.63, 3.8) is 0 Å². The number of carbonyl (C=O) groups excluding carboxylic acids is 1. The third kappa shape index (κ3) is 1.87. The van der Waals surface area contributed by atoms with E-state index >= 15 is 0 Å². The Labute approximate surface area is 115 Å². The lowest BCUT2D eigenvalue weighted by Crippen LogP contribution is -2.50. The smallest absolute Gasteiger partial charge is 0.140 e. The van der Waals surface area contributed by atoms with Crippen LogP contribution in [0.2, 0.25) is 0 Å². The third-order valence-corrected chi connectivity index (χ3v) is 4.90. The van der Waals surface area contributed by atoms with Crippen LogP contribution in [0.25, 0.3) is 0 Å². The summed E-state index contributed by atoms with van der Waals surface area (Å²) in [6.07, 6.45) is 8.87. The molecule has 0 saturated heterocycles. The van der Waals surface area contributed by atoms with E-state index in [1.807, 2.05) is 0 Å². The Morgan fingerprint density at radius 2 is 2.05 bits per heavy atom. The van der Waals surface area contributed by atoms with Crippen molar-refractivity contribution in [3.8, 4) is 0 Å². The summed E-state index contributed by atoms with van der Waals surface area (Å²) in [6, 6.07) is 10.7. The summed E-state index contributed by atoms with van der Waals surface area (Å²) in [6.45, 7) is 2.23. The zero-order valence-electron chi connectivity index (χ0n) is 11.7. The van der Waals surface area contributed by atoms with Crippen LogP contribution in [-0.2, 0) is 10.2 Å². The molecule has 1 heteroatoms. The van der Waals surface area contributed by atoms with Gasteiger partial charge in [0.05, 0.1) is 0 Å². The van der Waals surface area contributed by atoms with Crippen LogP contribution in [-0.4, -0.2) is 5.78 Å². The summed E-state index contributed by atoms with van der Waals surface area (Å²) in [4.78, 5) is 12.2. The fourth-order valence-electron chi connectivity index (χ4n) is 3.89. The first-order valence-corrected chi connectivity index (χ1v) is 7.58. The molecule has 2 aliphatic rings. The Bertz CT molecular complexity index is 500. The fraction of sp³-hybridized carbons (Fsp3) is 0.500. The second kappa shape index (κ2) is 4.96. The molecule has 19 heavy (non-hydrogen) atoms. The van der Waals surface area contributed by atoms with Crippen molar-refractivity contribution in [2.24, 2.45) is 5.92 Å². The van der Waals surface area contributed by atoms with E-state index in [2.05, 4.69) is 43.3 Å². The van der Waals surface area contributed by atoms with Crippen LogP contribution >= 0.6 is 0 Å². The number of carbonyl (C=O) groups is 1. The number of ketones is 1. The van der Waals surface area contributed by atoms with E-state index in [0.717, 1.165) is 25.7 Å². The molecule has 0 radical (unpaired) electrons. The van der Waals surface area contributed by atoms with Crippen LogP contribution in [0.1, 0.15) is 51.0 Å². The van der Waals surface area contributed by atoms with Gasteiger partial charge in [0.15, 0.2) is 0 Å². The first-order valence-electron chi connectivity index (χ1n) is 7.58. The van der Waals surface area contributed by atoms with Crippen LogP contribution in [0.3, 0.4) is 0 Å². The lowest BCUT2D eigenvalue weighted by molar-refractivity contribution is -0.126. The maximum absolute atomic E-state index is 12.2. The fourth-order valence-corrected chi connectivity index (χ4v) is 3.89. The minimum atomic E-state index is 0.0613. The molecule has 0 bridgehead atoms. The van der Waals surface area contributed by atoms with Gasteiger partial charge >= 0.3 is 0 Å². The number of hydrogen-bond donors (Lipinski definition) is 0. The second-order valence-electron chi connectivity index (χ2n) is 5.93. The van der Waals surface area contributed by atoms with E-state index in [0.29, 0.717) is 5.78 Å². The molecular formula is C18H22O. The molecule has 2 unspecified atom stereocenters. The predicted octanol–water partition coefficient (Wildman–Crippen LogP) is 4.42. The molecule has 1 saturated carbocycles. The number of rotatable bonds is 4. The Kier molecular flexibility index (Phi) is 3.30. The highest BCUT2D eigenvalue weighted by molar-refractivity contribution is 5.89. The minimum Gasteiger partial charge on any atom is -0.299 e. The van der Waals surface area contributed by atoms with E-state index in [-0.39, 0.29) is 11.3 Å². The molecule has 0 aromatic heterocycles. The molecule has 1 aromatic rings. The number of hydrogen-bond acceptors (Lipinski definition) is 1. The van der Waals surface area contributed by atoms with Gasteiger partial charge < -0.3 is 0 Å². The molecule has 2 aliphatic carbocycles. The van der Waals surface area contributed by atoms with Gasteiger partial charge in [0.1, 0.15) is 5.78 Å². The molecule has 1 aromatic carbocycles. The maximum atomic E-state index is 12.2. The van der Waals surface area contributed by atoms with Gasteiger partial charge in [-0.3, -0.25) is 4.79 Å². The summed E-state index contributed by atoms with van der Waals surface area (Å²) in [7, 11) is 0.